The number of amides is 1. The quantitative estimate of drug-likeness (QED) is 0.863. The van der Waals surface area contributed by atoms with Crippen molar-refractivity contribution in [1.29, 1.82) is 0 Å². The molecule has 1 saturated heterocycles. The molecule has 2 aromatic rings. The van der Waals surface area contributed by atoms with Crippen molar-refractivity contribution in [3.63, 3.8) is 0 Å². The Kier molecular flexibility index (Phi) is 5.88. The SMILES string of the molecule is CN(C(=O)c1ccc(C(F)(F)F)cc1)C1CCN(Cc2ncccc2O)CC1. The molecule has 0 atom stereocenters. The fourth-order valence-corrected chi connectivity index (χ4v) is 3.40. The van der Waals surface area contributed by atoms with Crippen LogP contribution in [0.15, 0.2) is 42.6 Å². The van der Waals surface area contributed by atoms with Gasteiger partial charge in [-0.15, -0.1) is 0 Å². The lowest BCUT2D eigenvalue weighted by Gasteiger charge is -2.36. The molecule has 2 heterocycles. The Morgan fingerprint density at radius 2 is 1.86 bits per heavy atom. The van der Waals surface area contributed by atoms with Crippen LogP contribution in [0.4, 0.5) is 13.2 Å². The van der Waals surface area contributed by atoms with Gasteiger partial charge in [0.15, 0.2) is 0 Å². The van der Waals surface area contributed by atoms with Gasteiger partial charge >= 0.3 is 6.18 Å². The zero-order chi connectivity index (χ0) is 20.3. The zero-order valence-electron chi connectivity index (χ0n) is 15.5. The number of hydrogen-bond acceptors (Lipinski definition) is 4. The van der Waals surface area contributed by atoms with Crippen LogP contribution in [0.3, 0.4) is 0 Å². The summed E-state index contributed by atoms with van der Waals surface area (Å²) in [6.45, 7) is 2.02. The van der Waals surface area contributed by atoms with Crippen LogP contribution in [0.25, 0.3) is 0 Å². The summed E-state index contributed by atoms with van der Waals surface area (Å²) in [4.78, 5) is 20.6. The first-order valence-corrected chi connectivity index (χ1v) is 9.05. The number of pyridine rings is 1. The topological polar surface area (TPSA) is 56.7 Å². The maximum Gasteiger partial charge on any atom is 0.416 e. The third-order valence-corrected chi connectivity index (χ3v) is 5.12. The molecule has 1 aliphatic heterocycles. The van der Waals surface area contributed by atoms with E-state index in [0.717, 1.165) is 38.1 Å². The van der Waals surface area contributed by atoms with Crippen molar-refractivity contribution in [2.75, 3.05) is 20.1 Å². The summed E-state index contributed by atoms with van der Waals surface area (Å²) in [6.07, 6.45) is -1.28. The molecular weight excluding hydrogens is 371 g/mol. The summed E-state index contributed by atoms with van der Waals surface area (Å²) in [6, 6.07) is 7.61. The standard InChI is InChI=1S/C20H22F3N3O2/c1-25(19(28)14-4-6-15(7-5-14)20(21,22)23)16-8-11-26(12-9-16)13-17-18(27)3-2-10-24-17/h2-7,10,16,27H,8-9,11-13H2,1H3. The monoisotopic (exact) mass is 393 g/mol. The number of carbonyl (C=O) groups excluding carboxylic acids is 1. The highest BCUT2D eigenvalue weighted by molar-refractivity contribution is 5.94. The highest BCUT2D eigenvalue weighted by Gasteiger charge is 2.31. The van der Waals surface area contributed by atoms with Gasteiger partial charge in [-0.3, -0.25) is 14.7 Å². The second-order valence-electron chi connectivity index (χ2n) is 6.97. The number of piperidine rings is 1. The summed E-state index contributed by atoms with van der Waals surface area (Å²) >= 11 is 0. The average Bonchev–Trinajstić information content (AvgIpc) is 2.69. The molecule has 0 radical (unpaired) electrons. The molecular formula is C20H22F3N3O2. The van der Waals surface area contributed by atoms with Gasteiger partial charge < -0.3 is 10.0 Å². The summed E-state index contributed by atoms with van der Waals surface area (Å²) in [5, 5.41) is 9.84. The molecule has 1 aromatic heterocycles. The van der Waals surface area contributed by atoms with E-state index in [2.05, 4.69) is 9.88 Å². The van der Waals surface area contributed by atoms with Crippen molar-refractivity contribution in [1.82, 2.24) is 14.8 Å². The van der Waals surface area contributed by atoms with E-state index in [1.165, 1.54) is 12.1 Å². The van der Waals surface area contributed by atoms with Crippen LogP contribution in [0.1, 0.15) is 34.5 Å². The van der Waals surface area contributed by atoms with Crippen molar-refractivity contribution >= 4 is 5.91 Å². The van der Waals surface area contributed by atoms with Gasteiger partial charge in [0, 0.05) is 44.5 Å². The lowest BCUT2D eigenvalue weighted by molar-refractivity contribution is -0.137. The summed E-state index contributed by atoms with van der Waals surface area (Å²) in [7, 11) is 1.69. The van der Waals surface area contributed by atoms with Gasteiger partial charge in [0.2, 0.25) is 0 Å². The number of nitrogens with zero attached hydrogens (tertiary/aromatic N) is 3. The van der Waals surface area contributed by atoms with Crippen molar-refractivity contribution in [2.45, 2.75) is 31.6 Å². The first-order valence-electron chi connectivity index (χ1n) is 9.05. The van der Waals surface area contributed by atoms with E-state index in [1.807, 2.05) is 0 Å². The molecule has 150 valence electrons. The largest absolute Gasteiger partial charge is 0.506 e. The maximum absolute atomic E-state index is 12.7. The predicted molar refractivity (Wildman–Crippen MR) is 97.7 cm³/mol. The van der Waals surface area contributed by atoms with Gasteiger partial charge in [0.05, 0.1) is 11.3 Å². The van der Waals surface area contributed by atoms with Crippen molar-refractivity contribution in [3.05, 3.63) is 59.4 Å². The highest BCUT2D eigenvalue weighted by Crippen LogP contribution is 2.29. The Morgan fingerprint density at radius 3 is 2.43 bits per heavy atom. The second-order valence-corrected chi connectivity index (χ2v) is 6.97. The number of benzene rings is 1. The number of hydrogen-bond donors (Lipinski definition) is 1. The summed E-state index contributed by atoms with van der Waals surface area (Å²) in [5.41, 5.74) is 0.101. The van der Waals surface area contributed by atoms with Gasteiger partial charge in [-0.05, 0) is 49.2 Å². The molecule has 0 bridgehead atoms. The van der Waals surface area contributed by atoms with E-state index in [4.69, 9.17) is 0 Å². The average molecular weight is 393 g/mol. The molecule has 0 aliphatic carbocycles. The van der Waals surface area contributed by atoms with Crippen molar-refractivity contribution in [2.24, 2.45) is 0 Å². The molecule has 1 amide bonds. The molecule has 1 aliphatic rings. The number of aromatic hydroxyl groups is 1. The minimum Gasteiger partial charge on any atom is -0.506 e. The molecule has 5 nitrogen and oxygen atoms in total. The van der Waals surface area contributed by atoms with E-state index in [0.29, 0.717) is 12.2 Å². The molecule has 0 unspecified atom stereocenters. The third-order valence-electron chi connectivity index (χ3n) is 5.12. The van der Waals surface area contributed by atoms with Crippen LogP contribution in [-0.2, 0) is 12.7 Å². The number of rotatable bonds is 4. The summed E-state index contributed by atoms with van der Waals surface area (Å²) < 4.78 is 38.0. The molecule has 3 rings (SSSR count). The Labute approximate surface area is 161 Å². The van der Waals surface area contributed by atoms with Crippen LogP contribution in [-0.4, -0.2) is 52.0 Å². The minimum atomic E-state index is -4.41. The first-order chi connectivity index (χ1) is 13.3. The van der Waals surface area contributed by atoms with E-state index >= 15 is 0 Å². The third kappa shape index (κ3) is 4.62. The van der Waals surface area contributed by atoms with Crippen LogP contribution in [0, 0.1) is 0 Å². The van der Waals surface area contributed by atoms with Gasteiger partial charge in [-0.2, -0.15) is 13.2 Å². The number of alkyl halides is 3. The smallest absolute Gasteiger partial charge is 0.416 e. The Hall–Kier alpha value is -2.61. The highest BCUT2D eigenvalue weighted by atomic mass is 19.4. The van der Waals surface area contributed by atoms with Gasteiger partial charge in [0.25, 0.3) is 5.91 Å². The van der Waals surface area contributed by atoms with E-state index in [9.17, 15) is 23.1 Å². The van der Waals surface area contributed by atoms with E-state index < -0.39 is 11.7 Å². The number of halogens is 3. The molecule has 1 N–H and O–H groups in total. The fraction of sp³-hybridized carbons (Fsp3) is 0.400. The molecule has 0 saturated carbocycles. The number of aromatic nitrogens is 1. The fourth-order valence-electron chi connectivity index (χ4n) is 3.40. The van der Waals surface area contributed by atoms with Gasteiger partial charge in [0.1, 0.15) is 5.75 Å². The van der Waals surface area contributed by atoms with E-state index in [1.54, 1.807) is 30.3 Å². The van der Waals surface area contributed by atoms with E-state index in [-0.39, 0.29) is 23.3 Å². The Bertz CT molecular complexity index is 816. The lowest BCUT2D eigenvalue weighted by atomic mass is 10.0. The van der Waals surface area contributed by atoms with Crippen LogP contribution in [0.2, 0.25) is 0 Å². The molecule has 1 aromatic carbocycles. The van der Waals surface area contributed by atoms with Gasteiger partial charge in [-0.25, -0.2) is 0 Å². The first kappa shape index (κ1) is 20.1. The molecule has 1 fully saturated rings. The Balaban J connectivity index is 1.56. The van der Waals surface area contributed by atoms with Crippen LogP contribution in [0.5, 0.6) is 5.75 Å². The predicted octanol–water partition coefficient (Wildman–Crippen LogP) is 3.54. The lowest BCUT2D eigenvalue weighted by Crippen LogP contribution is -2.45. The van der Waals surface area contributed by atoms with Crippen LogP contribution >= 0.6 is 0 Å². The van der Waals surface area contributed by atoms with Gasteiger partial charge in [-0.1, -0.05) is 0 Å². The second kappa shape index (κ2) is 8.18. The maximum atomic E-state index is 12.7. The minimum absolute atomic E-state index is 0.0170. The number of likely N-dealkylation sites (tertiary alicyclic amines) is 1. The van der Waals surface area contributed by atoms with Crippen molar-refractivity contribution in [3.8, 4) is 5.75 Å². The molecule has 8 heteroatoms. The number of carbonyl (C=O) groups is 1. The Morgan fingerprint density at radius 1 is 1.21 bits per heavy atom. The van der Waals surface area contributed by atoms with Crippen LogP contribution < -0.4 is 0 Å². The normalized spacial score (nSPS) is 16.1. The molecule has 0 spiro atoms. The molecule has 28 heavy (non-hydrogen) atoms. The van der Waals surface area contributed by atoms with Crippen molar-refractivity contribution < 1.29 is 23.1 Å². The zero-order valence-corrected chi connectivity index (χ0v) is 15.5. The summed E-state index contributed by atoms with van der Waals surface area (Å²) in [5.74, 6) is -0.117.